The van der Waals surface area contributed by atoms with E-state index in [1.807, 2.05) is 0 Å². The maximum atomic E-state index is 3.63. The molecule has 0 bridgehead atoms. The van der Waals surface area contributed by atoms with Crippen LogP contribution in [0.25, 0.3) is 0 Å². The molecular formula is C15H23BrN2. The van der Waals surface area contributed by atoms with Crippen molar-refractivity contribution in [2.24, 2.45) is 0 Å². The fourth-order valence-electron chi connectivity index (χ4n) is 2.56. The maximum absolute atomic E-state index is 3.63. The van der Waals surface area contributed by atoms with Crippen LogP contribution in [0, 0.1) is 6.92 Å². The third kappa shape index (κ3) is 4.08. The number of nitrogens with zero attached hydrogens (tertiary/aromatic N) is 1. The van der Waals surface area contributed by atoms with E-state index in [1.54, 1.807) is 0 Å². The molecule has 0 radical (unpaired) electrons. The van der Waals surface area contributed by atoms with Gasteiger partial charge in [-0.2, -0.15) is 0 Å². The minimum absolute atomic E-state index is 0.561. The molecular weight excluding hydrogens is 288 g/mol. The van der Waals surface area contributed by atoms with Crippen molar-refractivity contribution < 1.29 is 0 Å². The van der Waals surface area contributed by atoms with Gasteiger partial charge in [0.1, 0.15) is 0 Å². The summed E-state index contributed by atoms with van der Waals surface area (Å²) in [6, 6.07) is 7.07. The molecule has 0 amide bonds. The van der Waals surface area contributed by atoms with Crippen LogP contribution in [0.15, 0.2) is 22.7 Å². The fraction of sp³-hybridized carbons (Fsp3) is 0.600. The smallest absolute Gasteiger partial charge is 0.0211 e. The van der Waals surface area contributed by atoms with Crippen LogP contribution in [0.5, 0.6) is 0 Å². The largest absolute Gasteiger partial charge is 0.309 e. The zero-order valence-electron chi connectivity index (χ0n) is 11.4. The van der Waals surface area contributed by atoms with E-state index in [1.165, 1.54) is 43.6 Å². The molecule has 1 unspecified atom stereocenters. The molecule has 0 saturated carbocycles. The van der Waals surface area contributed by atoms with Crippen molar-refractivity contribution in [1.29, 1.82) is 0 Å². The Morgan fingerprint density at radius 2 is 2.06 bits per heavy atom. The minimum atomic E-state index is 0.561. The highest BCUT2D eigenvalue weighted by atomic mass is 79.9. The Morgan fingerprint density at radius 1 is 1.33 bits per heavy atom. The van der Waals surface area contributed by atoms with Gasteiger partial charge in [0.25, 0.3) is 0 Å². The average molecular weight is 311 g/mol. The molecule has 1 heterocycles. The van der Waals surface area contributed by atoms with Gasteiger partial charge in [-0.25, -0.2) is 0 Å². The molecule has 2 rings (SSSR count). The molecule has 2 nitrogen and oxygen atoms in total. The summed E-state index contributed by atoms with van der Waals surface area (Å²) in [5, 5.41) is 3.63. The second-order valence-electron chi connectivity index (χ2n) is 5.36. The third-order valence-corrected chi connectivity index (χ3v) is 4.17. The van der Waals surface area contributed by atoms with Gasteiger partial charge in [-0.05, 0) is 63.0 Å². The molecule has 0 aromatic heterocycles. The Balaban J connectivity index is 1.79. The Kier molecular flexibility index (Phi) is 5.22. The van der Waals surface area contributed by atoms with Crippen LogP contribution in [-0.2, 0) is 6.54 Å². The first-order chi connectivity index (χ1) is 8.65. The van der Waals surface area contributed by atoms with Crippen LogP contribution in [0.2, 0.25) is 0 Å². The van der Waals surface area contributed by atoms with E-state index in [4.69, 9.17) is 0 Å². The first-order valence-electron chi connectivity index (χ1n) is 6.86. The van der Waals surface area contributed by atoms with Gasteiger partial charge in [-0.3, -0.25) is 0 Å². The highest BCUT2D eigenvalue weighted by molar-refractivity contribution is 9.10. The van der Waals surface area contributed by atoms with Crippen molar-refractivity contribution in [3.05, 3.63) is 33.8 Å². The summed E-state index contributed by atoms with van der Waals surface area (Å²) in [5.41, 5.74) is 2.75. The predicted octanol–water partition coefficient (Wildman–Crippen LogP) is 3.33. The second-order valence-corrected chi connectivity index (χ2v) is 6.28. The van der Waals surface area contributed by atoms with E-state index in [0.717, 1.165) is 11.0 Å². The number of halogens is 1. The molecule has 1 fully saturated rings. The van der Waals surface area contributed by atoms with Gasteiger partial charge in [0, 0.05) is 23.6 Å². The summed E-state index contributed by atoms with van der Waals surface area (Å²) in [4.78, 5) is 2.56. The lowest BCUT2D eigenvalue weighted by atomic mass is 10.1. The minimum Gasteiger partial charge on any atom is -0.309 e. The van der Waals surface area contributed by atoms with Crippen LogP contribution >= 0.6 is 15.9 Å². The number of benzene rings is 1. The van der Waals surface area contributed by atoms with Gasteiger partial charge in [-0.15, -0.1) is 0 Å². The predicted molar refractivity (Wildman–Crippen MR) is 80.9 cm³/mol. The SMILES string of the molecule is Cc1cc(Br)ccc1CNC(C)CN1CCCC1. The molecule has 1 saturated heterocycles. The van der Waals surface area contributed by atoms with Crippen LogP contribution in [-0.4, -0.2) is 30.6 Å². The quantitative estimate of drug-likeness (QED) is 0.897. The topological polar surface area (TPSA) is 15.3 Å². The van der Waals surface area contributed by atoms with E-state index in [9.17, 15) is 0 Å². The van der Waals surface area contributed by atoms with Gasteiger partial charge in [0.2, 0.25) is 0 Å². The van der Waals surface area contributed by atoms with E-state index in [0.29, 0.717) is 6.04 Å². The molecule has 1 aliphatic rings. The number of hydrogen-bond acceptors (Lipinski definition) is 2. The molecule has 0 aliphatic carbocycles. The fourth-order valence-corrected chi connectivity index (χ4v) is 3.03. The van der Waals surface area contributed by atoms with Gasteiger partial charge in [-0.1, -0.05) is 22.0 Å². The second kappa shape index (κ2) is 6.69. The normalized spacial score (nSPS) is 18.2. The summed E-state index contributed by atoms with van der Waals surface area (Å²) in [6.45, 7) is 9.16. The molecule has 18 heavy (non-hydrogen) atoms. The van der Waals surface area contributed by atoms with E-state index in [2.05, 4.69) is 58.2 Å². The number of rotatable bonds is 5. The summed E-state index contributed by atoms with van der Waals surface area (Å²) >= 11 is 3.51. The highest BCUT2D eigenvalue weighted by Gasteiger charge is 2.14. The van der Waals surface area contributed by atoms with Crippen molar-refractivity contribution in [2.45, 2.75) is 39.3 Å². The number of likely N-dealkylation sites (tertiary alicyclic amines) is 1. The van der Waals surface area contributed by atoms with Crippen LogP contribution in [0.1, 0.15) is 30.9 Å². The van der Waals surface area contributed by atoms with Crippen molar-refractivity contribution in [1.82, 2.24) is 10.2 Å². The lowest BCUT2D eigenvalue weighted by Crippen LogP contribution is -2.37. The maximum Gasteiger partial charge on any atom is 0.0211 e. The molecule has 1 aromatic rings. The monoisotopic (exact) mass is 310 g/mol. The van der Waals surface area contributed by atoms with Gasteiger partial charge >= 0.3 is 0 Å². The van der Waals surface area contributed by atoms with Crippen molar-refractivity contribution >= 4 is 15.9 Å². The zero-order chi connectivity index (χ0) is 13.0. The highest BCUT2D eigenvalue weighted by Crippen LogP contribution is 2.16. The average Bonchev–Trinajstić information content (AvgIpc) is 2.80. The first kappa shape index (κ1) is 14.0. The van der Waals surface area contributed by atoms with Crippen molar-refractivity contribution in [3.8, 4) is 0 Å². The Labute approximate surface area is 119 Å². The third-order valence-electron chi connectivity index (χ3n) is 3.68. The summed E-state index contributed by atoms with van der Waals surface area (Å²) in [6.07, 6.45) is 2.75. The number of hydrogen-bond donors (Lipinski definition) is 1. The molecule has 1 atom stereocenters. The molecule has 1 aromatic carbocycles. The number of nitrogens with one attached hydrogen (secondary N) is 1. The standard InChI is InChI=1S/C15H23BrN2/c1-12-9-15(16)6-5-14(12)10-17-13(2)11-18-7-3-4-8-18/h5-6,9,13,17H,3-4,7-8,10-11H2,1-2H3. The van der Waals surface area contributed by atoms with Gasteiger partial charge in [0.05, 0.1) is 0 Å². The van der Waals surface area contributed by atoms with E-state index >= 15 is 0 Å². The van der Waals surface area contributed by atoms with Crippen molar-refractivity contribution in [2.75, 3.05) is 19.6 Å². The van der Waals surface area contributed by atoms with E-state index < -0.39 is 0 Å². The Morgan fingerprint density at radius 3 is 2.72 bits per heavy atom. The first-order valence-corrected chi connectivity index (χ1v) is 7.65. The molecule has 1 aliphatic heterocycles. The van der Waals surface area contributed by atoms with Crippen LogP contribution in [0.4, 0.5) is 0 Å². The zero-order valence-corrected chi connectivity index (χ0v) is 13.0. The Hall–Kier alpha value is -0.380. The van der Waals surface area contributed by atoms with Crippen LogP contribution < -0.4 is 5.32 Å². The lowest BCUT2D eigenvalue weighted by molar-refractivity contribution is 0.298. The van der Waals surface area contributed by atoms with Crippen LogP contribution in [0.3, 0.4) is 0 Å². The molecule has 1 N–H and O–H groups in total. The summed E-state index contributed by atoms with van der Waals surface area (Å²) in [7, 11) is 0. The lowest BCUT2D eigenvalue weighted by Gasteiger charge is -2.21. The van der Waals surface area contributed by atoms with Crippen molar-refractivity contribution in [3.63, 3.8) is 0 Å². The molecule has 0 spiro atoms. The number of aryl methyl sites for hydroxylation is 1. The van der Waals surface area contributed by atoms with Gasteiger partial charge < -0.3 is 10.2 Å². The molecule has 100 valence electrons. The van der Waals surface area contributed by atoms with Gasteiger partial charge in [0.15, 0.2) is 0 Å². The van der Waals surface area contributed by atoms with E-state index in [-0.39, 0.29) is 0 Å². The summed E-state index contributed by atoms with van der Waals surface area (Å²) < 4.78 is 1.16. The summed E-state index contributed by atoms with van der Waals surface area (Å²) in [5.74, 6) is 0. The Bertz CT molecular complexity index is 386. The molecule has 3 heteroatoms.